The number of amidine groups is 2. The van der Waals surface area contributed by atoms with E-state index in [2.05, 4.69) is 29.4 Å². The van der Waals surface area contributed by atoms with Crippen LogP contribution in [0.1, 0.15) is 11.4 Å². The number of rotatable bonds is 2. The lowest BCUT2D eigenvalue weighted by Gasteiger charge is -2.15. The van der Waals surface area contributed by atoms with Gasteiger partial charge in [0.15, 0.2) is 11.7 Å². The lowest BCUT2D eigenvalue weighted by molar-refractivity contribution is 1.22. The van der Waals surface area contributed by atoms with Gasteiger partial charge in [0.2, 0.25) is 0 Å². The summed E-state index contributed by atoms with van der Waals surface area (Å²) in [6, 6.07) is 27.7. The largest absolute Gasteiger partial charge is 0.308 e. The molecular formula is C24H18N6S2. The van der Waals surface area contributed by atoms with Crippen molar-refractivity contribution in [2.75, 3.05) is 0 Å². The zero-order valence-corrected chi connectivity index (χ0v) is 18.5. The van der Waals surface area contributed by atoms with Gasteiger partial charge in [-0.15, -0.1) is 0 Å². The molecular weight excluding hydrogens is 436 g/mol. The van der Waals surface area contributed by atoms with Crippen molar-refractivity contribution in [3.8, 4) is 0 Å². The molecule has 0 bridgehead atoms. The third-order valence-corrected chi connectivity index (χ3v) is 6.25. The Kier molecular flexibility index (Phi) is 6.13. The standard InChI is InChI=1S/2C12H9N3S/c2*1-2-7-11-9(5-1)14-12(15-16-11)10-6-3-4-8-13-10/h2*1-8H,(H,14,15). The van der Waals surface area contributed by atoms with Gasteiger partial charge in [0.1, 0.15) is 11.4 Å². The van der Waals surface area contributed by atoms with Gasteiger partial charge in [-0.05, 0) is 72.4 Å². The van der Waals surface area contributed by atoms with E-state index in [0.29, 0.717) is 0 Å². The number of nitrogens with zero attached hydrogens (tertiary/aromatic N) is 4. The number of aromatic nitrogens is 2. The lowest BCUT2D eigenvalue weighted by atomic mass is 10.3. The summed E-state index contributed by atoms with van der Waals surface area (Å²) in [5.41, 5.74) is 3.72. The van der Waals surface area contributed by atoms with Gasteiger partial charge in [0, 0.05) is 12.4 Å². The van der Waals surface area contributed by atoms with Crippen molar-refractivity contribution in [1.82, 2.24) is 19.4 Å². The molecule has 2 aromatic carbocycles. The summed E-state index contributed by atoms with van der Waals surface area (Å²) in [5, 5.41) is 0. The maximum absolute atomic E-state index is 4.54. The average Bonchev–Trinajstić information content (AvgIpc) is 2.89. The Morgan fingerprint density at radius 3 is 1.38 bits per heavy atom. The van der Waals surface area contributed by atoms with E-state index in [1.54, 1.807) is 36.3 Å². The predicted molar refractivity (Wildman–Crippen MR) is 132 cm³/mol. The molecule has 6 rings (SSSR count). The number of aliphatic imine (C=N–C) groups is 2. The number of pyridine rings is 2. The Morgan fingerprint density at radius 1 is 0.500 bits per heavy atom. The molecule has 8 heteroatoms. The fourth-order valence-electron chi connectivity index (χ4n) is 2.99. The van der Waals surface area contributed by atoms with E-state index in [1.807, 2.05) is 84.9 Å². The van der Waals surface area contributed by atoms with Gasteiger partial charge in [0.05, 0.1) is 21.2 Å². The topological polar surface area (TPSA) is 74.6 Å². The van der Waals surface area contributed by atoms with Crippen LogP contribution in [0, 0.1) is 0 Å². The molecule has 0 aliphatic carbocycles. The molecule has 0 saturated carbocycles. The normalized spacial score (nSPS) is 13.6. The molecule has 0 spiro atoms. The van der Waals surface area contributed by atoms with Crippen molar-refractivity contribution in [3.63, 3.8) is 0 Å². The summed E-state index contributed by atoms with van der Waals surface area (Å²) >= 11 is 3.14. The van der Waals surface area contributed by atoms with Gasteiger partial charge in [-0.3, -0.25) is 9.97 Å². The highest BCUT2D eigenvalue weighted by atomic mass is 32.2. The van der Waals surface area contributed by atoms with Crippen LogP contribution in [0.25, 0.3) is 0 Å². The van der Waals surface area contributed by atoms with Crippen molar-refractivity contribution >= 4 is 46.9 Å². The van der Waals surface area contributed by atoms with Gasteiger partial charge < -0.3 is 9.44 Å². The van der Waals surface area contributed by atoms with E-state index < -0.39 is 0 Å². The summed E-state index contributed by atoms with van der Waals surface area (Å²) in [7, 11) is 0. The van der Waals surface area contributed by atoms with Crippen LogP contribution in [0.5, 0.6) is 0 Å². The molecule has 0 radical (unpaired) electrons. The molecule has 6 nitrogen and oxygen atoms in total. The summed E-state index contributed by atoms with van der Waals surface area (Å²) < 4.78 is 6.39. The van der Waals surface area contributed by atoms with Crippen molar-refractivity contribution in [3.05, 3.63) is 109 Å². The minimum Gasteiger partial charge on any atom is -0.308 e. The van der Waals surface area contributed by atoms with Gasteiger partial charge >= 0.3 is 0 Å². The molecule has 2 N–H and O–H groups in total. The Hall–Kier alpha value is -3.62. The molecule has 4 aromatic rings. The highest BCUT2D eigenvalue weighted by molar-refractivity contribution is 7.98. The molecule has 4 heterocycles. The molecule has 156 valence electrons. The minimum absolute atomic E-state index is 0.810. The summed E-state index contributed by atoms with van der Waals surface area (Å²) in [6.45, 7) is 0. The van der Waals surface area contributed by atoms with E-state index in [0.717, 1.165) is 44.2 Å². The summed E-state index contributed by atoms with van der Waals surface area (Å²) in [6.07, 6.45) is 3.54. The van der Waals surface area contributed by atoms with E-state index >= 15 is 0 Å². The first-order valence-electron chi connectivity index (χ1n) is 9.91. The molecule has 2 aliphatic rings. The van der Waals surface area contributed by atoms with Gasteiger partial charge in [-0.1, -0.05) is 36.4 Å². The number of nitrogens with one attached hydrogen (secondary N) is 2. The van der Waals surface area contributed by atoms with Gasteiger partial charge in [0.25, 0.3) is 0 Å². The number of fused-ring (bicyclic) bond motifs is 2. The zero-order chi connectivity index (χ0) is 21.6. The van der Waals surface area contributed by atoms with Crippen LogP contribution in [0.2, 0.25) is 0 Å². The Balaban J connectivity index is 0.000000135. The molecule has 0 unspecified atom stereocenters. The van der Waals surface area contributed by atoms with Gasteiger partial charge in [-0.25, -0.2) is 9.98 Å². The van der Waals surface area contributed by atoms with Crippen LogP contribution in [0.3, 0.4) is 0 Å². The van der Waals surface area contributed by atoms with Crippen LogP contribution < -0.4 is 9.44 Å². The zero-order valence-electron chi connectivity index (χ0n) is 16.8. The van der Waals surface area contributed by atoms with Crippen LogP contribution in [0.4, 0.5) is 11.4 Å². The van der Waals surface area contributed by atoms with E-state index in [9.17, 15) is 0 Å². The highest BCUT2D eigenvalue weighted by Crippen LogP contribution is 2.32. The Bertz CT molecular complexity index is 1170. The van der Waals surface area contributed by atoms with Crippen molar-refractivity contribution in [2.45, 2.75) is 9.79 Å². The maximum Gasteiger partial charge on any atom is 0.162 e. The minimum atomic E-state index is 0.810. The lowest BCUT2D eigenvalue weighted by Crippen LogP contribution is -2.20. The quantitative estimate of drug-likeness (QED) is 0.387. The second-order valence-corrected chi connectivity index (χ2v) is 8.39. The Morgan fingerprint density at radius 2 is 0.938 bits per heavy atom. The van der Waals surface area contributed by atoms with Crippen LogP contribution in [-0.2, 0) is 0 Å². The second-order valence-electron chi connectivity index (χ2n) is 6.69. The third kappa shape index (κ3) is 4.66. The van der Waals surface area contributed by atoms with Crippen LogP contribution in [0.15, 0.2) is 117 Å². The molecule has 0 saturated heterocycles. The maximum atomic E-state index is 4.54. The first-order chi connectivity index (χ1) is 15.9. The molecule has 0 amide bonds. The SMILES string of the molecule is c1ccc(C2=Nc3ccccc3SN2)nc1.c1ccc(C2=Nc3ccccc3SN2)nc1. The fraction of sp³-hybridized carbons (Fsp3) is 0. The van der Waals surface area contributed by atoms with E-state index in [-0.39, 0.29) is 0 Å². The van der Waals surface area contributed by atoms with Crippen molar-refractivity contribution < 1.29 is 0 Å². The Labute approximate surface area is 194 Å². The summed E-state index contributed by atoms with van der Waals surface area (Å²) in [5.74, 6) is 1.62. The summed E-state index contributed by atoms with van der Waals surface area (Å²) in [4.78, 5) is 19.9. The molecule has 2 aliphatic heterocycles. The van der Waals surface area contributed by atoms with Crippen LogP contribution in [-0.4, -0.2) is 21.6 Å². The number of hydrogen-bond donors (Lipinski definition) is 2. The van der Waals surface area contributed by atoms with E-state index in [4.69, 9.17) is 0 Å². The monoisotopic (exact) mass is 454 g/mol. The fourth-order valence-corrected chi connectivity index (χ4v) is 4.43. The number of hydrogen-bond acceptors (Lipinski definition) is 8. The second kappa shape index (κ2) is 9.67. The average molecular weight is 455 g/mol. The molecule has 0 atom stereocenters. The van der Waals surface area contributed by atoms with Gasteiger partial charge in [-0.2, -0.15) is 0 Å². The highest BCUT2D eigenvalue weighted by Gasteiger charge is 2.14. The smallest absolute Gasteiger partial charge is 0.162 e. The first kappa shape index (κ1) is 20.3. The molecule has 2 aromatic heterocycles. The first-order valence-corrected chi connectivity index (χ1v) is 11.5. The number of benzene rings is 2. The number of para-hydroxylation sites is 2. The molecule has 32 heavy (non-hydrogen) atoms. The van der Waals surface area contributed by atoms with Crippen molar-refractivity contribution in [1.29, 1.82) is 0 Å². The van der Waals surface area contributed by atoms with Crippen LogP contribution >= 0.6 is 23.9 Å². The van der Waals surface area contributed by atoms with E-state index in [1.165, 1.54) is 0 Å². The third-order valence-electron chi connectivity index (χ3n) is 4.53. The predicted octanol–water partition coefficient (Wildman–Crippen LogP) is 5.54. The van der Waals surface area contributed by atoms with Crippen molar-refractivity contribution in [2.24, 2.45) is 9.98 Å². The molecule has 0 fully saturated rings.